The fraction of sp³-hybridized carbons (Fsp3) is 0.0625. The van der Waals surface area contributed by atoms with Gasteiger partial charge in [-0.2, -0.15) is 0 Å². The minimum atomic E-state index is -0.271. The lowest BCUT2D eigenvalue weighted by Crippen LogP contribution is -1.85. The molecular weight excluding hydrogens is 287 g/mol. The SMILES string of the molecule is COc1cccc(-c2nc(S)c(-c3ccc(F)cc3)[nH]2)c1. The molecule has 21 heavy (non-hydrogen) atoms. The molecule has 3 nitrogen and oxygen atoms in total. The van der Waals surface area contributed by atoms with Gasteiger partial charge in [0.15, 0.2) is 0 Å². The average Bonchev–Trinajstić information content (AvgIpc) is 2.90. The normalized spacial score (nSPS) is 10.6. The van der Waals surface area contributed by atoms with Crippen molar-refractivity contribution in [1.29, 1.82) is 0 Å². The highest BCUT2D eigenvalue weighted by atomic mass is 32.1. The van der Waals surface area contributed by atoms with Crippen molar-refractivity contribution >= 4 is 12.6 Å². The molecule has 1 N–H and O–H groups in total. The van der Waals surface area contributed by atoms with Gasteiger partial charge in [0.1, 0.15) is 22.4 Å². The van der Waals surface area contributed by atoms with E-state index in [2.05, 4.69) is 22.6 Å². The van der Waals surface area contributed by atoms with Crippen LogP contribution >= 0.6 is 12.6 Å². The van der Waals surface area contributed by atoms with E-state index in [0.29, 0.717) is 10.9 Å². The first-order valence-corrected chi connectivity index (χ1v) is 6.81. The van der Waals surface area contributed by atoms with Crippen LogP contribution in [0.5, 0.6) is 5.75 Å². The van der Waals surface area contributed by atoms with Crippen LogP contribution in [0.2, 0.25) is 0 Å². The number of aromatic nitrogens is 2. The summed E-state index contributed by atoms with van der Waals surface area (Å²) in [6, 6.07) is 13.8. The number of hydrogen-bond donors (Lipinski definition) is 2. The molecule has 0 bridgehead atoms. The Morgan fingerprint density at radius 2 is 1.86 bits per heavy atom. The summed E-state index contributed by atoms with van der Waals surface area (Å²) in [6.45, 7) is 0. The predicted molar refractivity (Wildman–Crippen MR) is 83.2 cm³/mol. The highest BCUT2D eigenvalue weighted by Gasteiger charge is 2.11. The summed E-state index contributed by atoms with van der Waals surface area (Å²) in [4.78, 5) is 7.63. The van der Waals surface area contributed by atoms with E-state index in [0.717, 1.165) is 22.6 Å². The maximum absolute atomic E-state index is 13.0. The first kappa shape index (κ1) is 13.7. The van der Waals surface area contributed by atoms with Gasteiger partial charge in [-0.05, 0) is 36.4 Å². The maximum atomic E-state index is 13.0. The molecule has 0 aliphatic rings. The number of methoxy groups -OCH3 is 1. The van der Waals surface area contributed by atoms with Crippen molar-refractivity contribution in [2.45, 2.75) is 5.03 Å². The third-order valence-corrected chi connectivity index (χ3v) is 3.48. The largest absolute Gasteiger partial charge is 0.497 e. The van der Waals surface area contributed by atoms with Gasteiger partial charge in [0, 0.05) is 11.1 Å². The van der Waals surface area contributed by atoms with Crippen molar-refractivity contribution in [1.82, 2.24) is 9.97 Å². The summed E-state index contributed by atoms with van der Waals surface area (Å²) in [5.74, 6) is 1.18. The fourth-order valence-electron chi connectivity index (χ4n) is 2.09. The Balaban J connectivity index is 2.02. The minimum Gasteiger partial charge on any atom is -0.497 e. The number of benzene rings is 2. The van der Waals surface area contributed by atoms with Gasteiger partial charge in [-0.1, -0.05) is 12.1 Å². The molecule has 0 saturated carbocycles. The highest BCUT2D eigenvalue weighted by Crippen LogP contribution is 2.29. The van der Waals surface area contributed by atoms with E-state index in [1.165, 1.54) is 12.1 Å². The average molecular weight is 300 g/mol. The van der Waals surface area contributed by atoms with Crippen molar-refractivity contribution in [3.63, 3.8) is 0 Å². The van der Waals surface area contributed by atoms with E-state index >= 15 is 0 Å². The summed E-state index contributed by atoms with van der Waals surface area (Å²) >= 11 is 4.39. The van der Waals surface area contributed by atoms with E-state index in [9.17, 15) is 4.39 Å². The minimum absolute atomic E-state index is 0.271. The molecule has 3 rings (SSSR count). The zero-order valence-electron chi connectivity index (χ0n) is 11.3. The maximum Gasteiger partial charge on any atom is 0.139 e. The number of imidazole rings is 1. The first-order valence-electron chi connectivity index (χ1n) is 6.36. The number of rotatable bonds is 3. The van der Waals surface area contributed by atoms with Crippen LogP contribution in [-0.4, -0.2) is 17.1 Å². The summed E-state index contributed by atoms with van der Waals surface area (Å²) < 4.78 is 18.2. The third-order valence-electron chi connectivity index (χ3n) is 3.16. The molecule has 0 saturated heterocycles. The van der Waals surface area contributed by atoms with Gasteiger partial charge in [-0.3, -0.25) is 0 Å². The van der Waals surface area contributed by atoms with Crippen LogP contribution in [0.4, 0.5) is 4.39 Å². The molecule has 0 spiro atoms. The summed E-state index contributed by atoms with van der Waals surface area (Å²) in [7, 11) is 1.62. The standard InChI is InChI=1S/C16H13FN2OS/c1-20-13-4-2-3-11(9-13)15-18-14(16(21)19-15)10-5-7-12(17)8-6-10/h2-9,21H,1H3,(H,18,19). The van der Waals surface area contributed by atoms with Gasteiger partial charge in [0.05, 0.1) is 12.8 Å². The smallest absolute Gasteiger partial charge is 0.139 e. The molecule has 0 amide bonds. The lowest BCUT2D eigenvalue weighted by Gasteiger charge is -2.01. The van der Waals surface area contributed by atoms with Crippen molar-refractivity contribution in [3.8, 4) is 28.4 Å². The molecule has 0 aliphatic carbocycles. The van der Waals surface area contributed by atoms with Gasteiger partial charge in [-0.15, -0.1) is 12.6 Å². The van der Waals surface area contributed by atoms with Gasteiger partial charge < -0.3 is 9.72 Å². The molecule has 0 fully saturated rings. The van der Waals surface area contributed by atoms with Gasteiger partial charge in [0.2, 0.25) is 0 Å². The number of ether oxygens (including phenoxy) is 1. The van der Waals surface area contributed by atoms with Crippen LogP contribution in [0, 0.1) is 5.82 Å². The zero-order chi connectivity index (χ0) is 14.8. The van der Waals surface area contributed by atoms with Crippen molar-refractivity contribution in [2.24, 2.45) is 0 Å². The molecule has 0 radical (unpaired) electrons. The van der Waals surface area contributed by atoms with Gasteiger partial charge in [-0.25, -0.2) is 9.37 Å². The van der Waals surface area contributed by atoms with Gasteiger partial charge in [0.25, 0.3) is 0 Å². The Labute approximate surface area is 127 Å². The fourth-order valence-corrected chi connectivity index (χ4v) is 2.37. The Hall–Kier alpha value is -2.27. The lowest BCUT2D eigenvalue weighted by molar-refractivity contribution is 0.415. The lowest BCUT2D eigenvalue weighted by atomic mass is 10.1. The Bertz CT molecular complexity index is 768. The van der Waals surface area contributed by atoms with Crippen LogP contribution in [0.1, 0.15) is 0 Å². The highest BCUT2D eigenvalue weighted by molar-refractivity contribution is 7.80. The van der Waals surface area contributed by atoms with E-state index < -0.39 is 0 Å². The van der Waals surface area contributed by atoms with Crippen molar-refractivity contribution in [2.75, 3.05) is 7.11 Å². The number of nitrogens with one attached hydrogen (secondary N) is 1. The molecule has 1 heterocycles. The molecule has 0 atom stereocenters. The van der Waals surface area contributed by atoms with Crippen LogP contribution < -0.4 is 4.74 Å². The zero-order valence-corrected chi connectivity index (χ0v) is 12.2. The number of hydrogen-bond acceptors (Lipinski definition) is 3. The monoisotopic (exact) mass is 300 g/mol. The predicted octanol–water partition coefficient (Wildman–Crippen LogP) is 4.18. The number of nitrogens with zero attached hydrogens (tertiary/aromatic N) is 1. The molecule has 106 valence electrons. The van der Waals surface area contributed by atoms with E-state index in [-0.39, 0.29) is 5.82 Å². The molecular formula is C16H13FN2OS. The van der Waals surface area contributed by atoms with E-state index in [4.69, 9.17) is 4.74 Å². The van der Waals surface area contributed by atoms with E-state index in [1.807, 2.05) is 24.3 Å². The van der Waals surface area contributed by atoms with Crippen LogP contribution in [-0.2, 0) is 0 Å². The Kier molecular flexibility index (Phi) is 3.66. The quantitative estimate of drug-likeness (QED) is 0.712. The van der Waals surface area contributed by atoms with Gasteiger partial charge >= 0.3 is 0 Å². The molecule has 1 aromatic heterocycles. The van der Waals surface area contributed by atoms with Crippen molar-refractivity contribution < 1.29 is 9.13 Å². The number of aromatic amines is 1. The topological polar surface area (TPSA) is 37.9 Å². The Morgan fingerprint density at radius 3 is 2.57 bits per heavy atom. The summed E-state index contributed by atoms with van der Waals surface area (Å²) in [6.07, 6.45) is 0. The van der Waals surface area contributed by atoms with Crippen molar-refractivity contribution in [3.05, 3.63) is 54.3 Å². The number of thiol groups is 1. The van der Waals surface area contributed by atoms with E-state index in [1.54, 1.807) is 19.2 Å². The molecule has 3 aromatic rings. The summed E-state index contributed by atoms with van der Waals surface area (Å²) in [5, 5.41) is 0.569. The molecule has 2 aromatic carbocycles. The first-order chi connectivity index (χ1) is 10.2. The number of H-pyrrole nitrogens is 1. The summed E-state index contributed by atoms with van der Waals surface area (Å²) in [5.41, 5.74) is 2.50. The second kappa shape index (κ2) is 5.61. The molecule has 5 heteroatoms. The van der Waals surface area contributed by atoms with Crippen LogP contribution in [0.15, 0.2) is 53.6 Å². The second-order valence-electron chi connectivity index (χ2n) is 4.52. The molecule has 0 unspecified atom stereocenters. The van der Waals surface area contributed by atoms with Crippen LogP contribution in [0.3, 0.4) is 0 Å². The number of halogens is 1. The van der Waals surface area contributed by atoms with Crippen LogP contribution in [0.25, 0.3) is 22.6 Å². The Morgan fingerprint density at radius 1 is 1.10 bits per heavy atom. The molecule has 0 aliphatic heterocycles. The third kappa shape index (κ3) is 2.78. The second-order valence-corrected chi connectivity index (χ2v) is 4.95.